The van der Waals surface area contributed by atoms with Crippen molar-refractivity contribution in [2.24, 2.45) is 11.7 Å². The number of methoxy groups -OCH3 is 1. The molecular formula is C16H27N3O2. The van der Waals surface area contributed by atoms with E-state index in [1.807, 2.05) is 23.1 Å². The molecule has 21 heavy (non-hydrogen) atoms. The van der Waals surface area contributed by atoms with Gasteiger partial charge in [-0.1, -0.05) is 13.0 Å². The van der Waals surface area contributed by atoms with Gasteiger partial charge in [0.15, 0.2) is 0 Å². The van der Waals surface area contributed by atoms with Gasteiger partial charge in [-0.2, -0.15) is 0 Å². The summed E-state index contributed by atoms with van der Waals surface area (Å²) in [5.74, 6) is 0.639. The van der Waals surface area contributed by atoms with E-state index in [4.69, 9.17) is 10.5 Å². The van der Waals surface area contributed by atoms with Crippen LogP contribution in [0, 0.1) is 5.92 Å². The summed E-state index contributed by atoms with van der Waals surface area (Å²) in [6, 6.07) is 5.74. The molecule has 0 saturated carbocycles. The van der Waals surface area contributed by atoms with Crippen LogP contribution in [-0.4, -0.2) is 42.6 Å². The van der Waals surface area contributed by atoms with Crippen molar-refractivity contribution in [3.05, 3.63) is 30.1 Å². The number of rotatable bonds is 10. The average molecular weight is 293 g/mol. The quantitative estimate of drug-likeness (QED) is 0.714. The fraction of sp³-hybridized carbons (Fsp3) is 0.625. The van der Waals surface area contributed by atoms with Gasteiger partial charge in [0.2, 0.25) is 5.91 Å². The minimum absolute atomic E-state index is 0.154. The summed E-state index contributed by atoms with van der Waals surface area (Å²) < 4.78 is 5.09. The maximum absolute atomic E-state index is 12.4. The van der Waals surface area contributed by atoms with Crippen molar-refractivity contribution in [2.75, 3.05) is 26.8 Å². The Hall–Kier alpha value is -1.46. The van der Waals surface area contributed by atoms with Crippen molar-refractivity contribution in [3.63, 3.8) is 0 Å². The lowest BCUT2D eigenvalue weighted by molar-refractivity contribution is -0.132. The highest BCUT2D eigenvalue weighted by atomic mass is 16.5. The number of pyridine rings is 1. The normalized spacial score (nSPS) is 12.1. The van der Waals surface area contributed by atoms with Gasteiger partial charge >= 0.3 is 0 Å². The summed E-state index contributed by atoms with van der Waals surface area (Å²) >= 11 is 0. The number of amides is 1. The van der Waals surface area contributed by atoms with Crippen LogP contribution in [0.25, 0.3) is 0 Å². The first-order chi connectivity index (χ1) is 10.2. The topological polar surface area (TPSA) is 68.5 Å². The van der Waals surface area contributed by atoms with E-state index in [-0.39, 0.29) is 5.91 Å². The van der Waals surface area contributed by atoms with Gasteiger partial charge in [-0.3, -0.25) is 9.78 Å². The summed E-state index contributed by atoms with van der Waals surface area (Å²) in [7, 11) is 1.65. The molecule has 0 spiro atoms. The molecule has 5 heteroatoms. The predicted molar refractivity (Wildman–Crippen MR) is 83.6 cm³/mol. The predicted octanol–water partition coefficient (Wildman–Crippen LogP) is 1.82. The van der Waals surface area contributed by atoms with Gasteiger partial charge < -0.3 is 15.4 Å². The lowest BCUT2D eigenvalue weighted by Crippen LogP contribution is -2.33. The van der Waals surface area contributed by atoms with Crippen LogP contribution < -0.4 is 5.73 Å². The number of carbonyl (C=O) groups excluding carboxylic acids is 1. The Balaban J connectivity index is 2.53. The number of hydrogen-bond donors (Lipinski definition) is 1. The highest BCUT2D eigenvalue weighted by molar-refractivity contribution is 5.76. The second-order valence-electron chi connectivity index (χ2n) is 5.35. The van der Waals surface area contributed by atoms with Gasteiger partial charge in [0.25, 0.3) is 0 Å². The number of aromatic nitrogens is 1. The molecule has 0 bridgehead atoms. The van der Waals surface area contributed by atoms with Crippen LogP contribution >= 0.6 is 0 Å². The summed E-state index contributed by atoms with van der Waals surface area (Å²) in [6.45, 7) is 4.48. The first kappa shape index (κ1) is 17.6. The second kappa shape index (κ2) is 10.3. The van der Waals surface area contributed by atoms with Crippen molar-refractivity contribution < 1.29 is 9.53 Å². The summed E-state index contributed by atoms with van der Waals surface area (Å²) in [6.07, 6.45) is 4.14. The van der Waals surface area contributed by atoms with Crippen LogP contribution in [0.1, 0.15) is 31.9 Å². The molecule has 118 valence electrons. The van der Waals surface area contributed by atoms with Crippen molar-refractivity contribution in [1.29, 1.82) is 0 Å². The van der Waals surface area contributed by atoms with E-state index in [9.17, 15) is 4.79 Å². The first-order valence-electron chi connectivity index (χ1n) is 7.54. The van der Waals surface area contributed by atoms with Gasteiger partial charge in [0.05, 0.1) is 18.8 Å². The van der Waals surface area contributed by atoms with Crippen molar-refractivity contribution in [1.82, 2.24) is 9.88 Å². The van der Waals surface area contributed by atoms with E-state index in [0.717, 1.165) is 18.5 Å². The zero-order chi connectivity index (χ0) is 15.5. The molecule has 1 aromatic rings. The molecule has 1 atom stereocenters. The van der Waals surface area contributed by atoms with Crippen LogP contribution in [0.5, 0.6) is 0 Å². The fourth-order valence-electron chi connectivity index (χ4n) is 2.14. The van der Waals surface area contributed by atoms with Gasteiger partial charge in [0, 0.05) is 26.3 Å². The van der Waals surface area contributed by atoms with Crippen LogP contribution in [0.2, 0.25) is 0 Å². The van der Waals surface area contributed by atoms with Crippen molar-refractivity contribution in [3.8, 4) is 0 Å². The minimum atomic E-state index is 0.154. The van der Waals surface area contributed by atoms with E-state index in [1.165, 1.54) is 0 Å². The lowest BCUT2D eigenvalue weighted by Gasteiger charge is -2.23. The summed E-state index contributed by atoms with van der Waals surface area (Å²) in [5, 5.41) is 0. The molecule has 0 saturated heterocycles. The number of hydrogen-bond acceptors (Lipinski definition) is 4. The summed E-state index contributed by atoms with van der Waals surface area (Å²) in [4.78, 5) is 18.5. The molecule has 0 fully saturated rings. The van der Waals surface area contributed by atoms with Crippen LogP contribution in [-0.2, 0) is 16.1 Å². The number of ether oxygens (including phenoxy) is 1. The Kier molecular flexibility index (Phi) is 8.62. The Bertz CT molecular complexity index is 398. The third kappa shape index (κ3) is 7.20. The van der Waals surface area contributed by atoms with Gasteiger partial charge in [-0.25, -0.2) is 0 Å². The molecule has 2 N–H and O–H groups in total. The zero-order valence-electron chi connectivity index (χ0n) is 13.1. The minimum Gasteiger partial charge on any atom is -0.383 e. The third-order valence-electron chi connectivity index (χ3n) is 3.51. The van der Waals surface area contributed by atoms with E-state index in [0.29, 0.717) is 38.6 Å². The third-order valence-corrected chi connectivity index (χ3v) is 3.51. The van der Waals surface area contributed by atoms with E-state index in [1.54, 1.807) is 13.3 Å². The molecular weight excluding hydrogens is 266 g/mol. The Morgan fingerprint density at radius 2 is 2.24 bits per heavy atom. The molecule has 0 aliphatic rings. The molecule has 0 aromatic carbocycles. The maximum atomic E-state index is 12.4. The molecule has 1 rings (SSSR count). The lowest BCUT2D eigenvalue weighted by atomic mass is 10.0. The molecule has 1 amide bonds. The maximum Gasteiger partial charge on any atom is 0.223 e. The highest BCUT2D eigenvalue weighted by Crippen LogP contribution is 2.12. The van der Waals surface area contributed by atoms with Crippen LogP contribution in [0.15, 0.2) is 24.4 Å². The standard InChI is InChI=1S/C16H27N3O2/c1-14(8-9-17)6-7-16(20)19(11-12-21-2)13-15-5-3-4-10-18-15/h3-5,10,14H,6-9,11-13,17H2,1-2H3. The molecule has 0 aliphatic heterocycles. The van der Waals surface area contributed by atoms with E-state index >= 15 is 0 Å². The molecule has 1 aromatic heterocycles. The molecule has 0 radical (unpaired) electrons. The van der Waals surface area contributed by atoms with E-state index in [2.05, 4.69) is 11.9 Å². The monoisotopic (exact) mass is 293 g/mol. The van der Waals surface area contributed by atoms with Crippen molar-refractivity contribution >= 4 is 5.91 Å². The molecule has 0 aliphatic carbocycles. The van der Waals surface area contributed by atoms with Gasteiger partial charge in [0.1, 0.15) is 0 Å². The van der Waals surface area contributed by atoms with Gasteiger partial charge in [-0.15, -0.1) is 0 Å². The number of carbonyl (C=O) groups is 1. The molecule has 1 unspecified atom stereocenters. The summed E-state index contributed by atoms with van der Waals surface area (Å²) in [5.41, 5.74) is 6.44. The van der Waals surface area contributed by atoms with Gasteiger partial charge in [-0.05, 0) is 37.4 Å². The largest absolute Gasteiger partial charge is 0.383 e. The molecule has 1 heterocycles. The fourth-order valence-corrected chi connectivity index (χ4v) is 2.14. The SMILES string of the molecule is COCCN(Cc1ccccn1)C(=O)CCC(C)CCN. The van der Waals surface area contributed by atoms with E-state index < -0.39 is 0 Å². The van der Waals surface area contributed by atoms with Crippen molar-refractivity contribution in [2.45, 2.75) is 32.7 Å². The Morgan fingerprint density at radius 1 is 1.43 bits per heavy atom. The molecule has 5 nitrogen and oxygen atoms in total. The van der Waals surface area contributed by atoms with Crippen LogP contribution in [0.4, 0.5) is 0 Å². The van der Waals surface area contributed by atoms with Crippen LogP contribution in [0.3, 0.4) is 0 Å². The number of nitrogens with two attached hydrogens (primary N) is 1. The average Bonchev–Trinajstić information content (AvgIpc) is 2.50. The first-order valence-corrected chi connectivity index (χ1v) is 7.54. The Labute approximate surface area is 127 Å². The zero-order valence-corrected chi connectivity index (χ0v) is 13.1. The Morgan fingerprint density at radius 3 is 2.86 bits per heavy atom. The number of nitrogens with zero attached hydrogens (tertiary/aromatic N) is 2. The highest BCUT2D eigenvalue weighted by Gasteiger charge is 2.15. The second-order valence-corrected chi connectivity index (χ2v) is 5.35. The smallest absolute Gasteiger partial charge is 0.223 e.